The predicted molar refractivity (Wildman–Crippen MR) is 150 cm³/mol. The first-order valence-corrected chi connectivity index (χ1v) is 14.0. The Morgan fingerprint density at radius 2 is 1.11 bits per heavy atom. The SMILES string of the molecule is CCCCCCCCCCOc1ccc(C(=O)NN=Cc2ccc(OCCCCCCC)cc2)cc1. The van der Waals surface area contributed by atoms with E-state index in [0.717, 1.165) is 36.5 Å². The summed E-state index contributed by atoms with van der Waals surface area (Å²) >= 11 is 0. The van der Waals surface area contributed by atoms with Crippen LogP contribution >= 0.6 is 0 Å². The number of hydrogen-bond donors (Lipinski definition) is 1. The zero-order valence-electron chi connectivity index (χ0n) is 22.5. The van der Waals surface area contributed by atoms with Crippen LogP contribution in [0.5, 0.6) is 11.5 Å². The molecule has 0 saturated heterocycles. The van der Waals surface area contributed by atoms with Gasteiger partial charge >= 0.3 is 0 Å². The Hall–Kier alpha value is -2.82. The molecule has 0 bridgehead atoms. The van der Waals surface area contributed by atoms with Crippen molar-refractivity contribution in [3.05, 3.63) is 59.7 Å². The molecule has 0 fully saturated rings. The van der Waals surface area contributed by atoms with Crippen LogP contribution in [-0.2, 0) is 0 Å². The molecule has 0 heterocycles. The van der Waals surface area contributed by atoms with Gasteiger partial charge < -0.3 is 9.47 Å². The first-order chi connectivity index (χ1) is 17.7. The summed E-state index contributed by atoms with van der Waals surface area (Å²) in [4.78, 5) is 12.4. The first-order valence-electron chi connectivity index (χ1n) is 14.0. The molecule has 0 unspecified atom stereocenters. The summed E-state index contributed by atoms with van der Waals surface area (Å²) in [5.74, 6) is 1.40. The number of ether oxygens (including phenoxy) is 2. The number of benzene rings is 2. The smallest absolute Gasteiger partial charge is 0.271 e. The highest BCUT2D eigenvalue weighted by molar-refractivity contribution is 5.95. The highest BCUT2D eigenvalue weighted by atomic mass is 16.5. The van der Waals surface area contributed by atoms with Gasteiger partial charge in [0.15, 0.2) is 0 Å². The summed E-state index contributed by atoms with van der Waals surface area (Å²) in [7, 11) is 0. The van der Waals surface area contributed by atoms with Crippen molar-refractivity contribution in [2.45, 2.75) is 97.3 Å². The number of rotatable bonds is 20. The zero-order valence-corrected chi connectivity index (χ0v) is 22.5. The number of amides is 1. The molecule has 1 amide bonds. The third-order valence-electron chi connectivity index (χ3n) is 6.16. The number of hydrazone groups is 1. The van der Waals surface area contributed by atoms with E-state index in [1.165, 1.54) is 70.6 Å². The molecule has 0 atom stereocenters. The maximum absolute atomic E-state index is 12.4. The van der Waals surface area contributed by atoms with E-state index in [4.69, 9.17) is 9.47 Å². The van der Waals surface area contributed by atoms with Crippen LogP contribution in [0, 0.1) is 0 Å². The molecule has 2 aromatic rings. The highest BCUT2D eigenvalue weighted by Gasteiger charge is 2.04. The lowest BCUT2D eigenvalue weighted by molar-refractivity contribution is 0.0955. The predicted octanol–water partition coefficient (Wildman–Crippen LogP) is 8.32. The van der Waals surface area contributed by atoms with Crippen molar-refractivity contribution in [3.8, 4) is 11.5 Å². The van der Waals surface area contributed by atoms with Crippen LogP contribution < -0.4 is 14.9 Å². The van der Waals surface area contributed by atoms with E-state index in [1.54, 1.807) is 18.3 Å². The van der Waals surface area contributed by atoms with Gasteiger partial charge in [-0.2, -0.15) is 5.10 Å². The second-order valence-electron chi connectivity index (χ2n) is 9.38. The van der Waals surface area contributed by atoms with E-state index in [0.29, 0.717) is 12.2 Å². The monoisotopic (exact) mass is 494 g/mol. The minimum Gasteiger partial charge on any atom is -0.494 e. The molecule has 0 saturated carbocycles. The Labute approximate surface area is 218 Å². The van der Waals surface area contributed by atoms with Crippen LogP contribution in [0.3, 0.4) is 0 Å². The molecular formula is C31H46N2O3. The second kappa shape index (κ2) is 19.4. The van der Waals surface area contributed by atoms with E-state index in [1.807, 2.05) is 36.4 Å². The fourth-order valence-electron chi connectivity index (χ4n) is 3.90. The number of hydrogen-bond acceptors (Lipinski definition) is 4. The van der Waals surface area contributed by atoms with Gasteiger partial charge in [0.1, 0.15) is 11.5 Å². The summed E-state index contributed by atoms with van der Waals surface area (Å²) in [5.41, 5.74) is 4.03. The van der Waals surface area contributed by atoms with Crippen molar-refractivity contribution in [3.63, 3.8) is 0 Å². The molecule has 0 aromatic heterocycles. The summed E-state index contributed by atoms with van der Waals surface area (Å²) < 4.78 is 11.6. The standard InChI is InChI=1S/C31H46N2O3/c1-3-5-7-9-10-11-13-15-25-36-30-22-18-28(19-23-30)31(34)33-32-26-27-16-20-29(21-17-27)35-24-14-12-8-6-4-2/h16-23,26H,3-15,24-25H2,1-2H3,(H,33,34). The molecule has 1 N–H and O–H groups in total. The van der Waals surface area contributed by atoms with Gasteiger partial charge in [-0.1, -0.05) is 84.5 Å². The van der Waals surface area contributed by atoms with Crippen molar-refractivity contribution < 1.29 is 14.3 Å². The Kier molecular flexibility index (Phi) is 15.8. The van der Waals surface area contributed by atoms with Gasteiger partial charge in [-0.3, -0.25) is 4.79 Å². The molecule has 0 spiro atoms. The highest BCUT2D eigenvalue weighted by Crippen LogP contribution is 2.15. The lowest BCUT2D eigenvalue weighted by Crippen LogP contribution is -2.17. The maximum Gasteiger partial charge on any atom is 0.271 e. The maximum atomic E-state index is 12.4. The topological polar surface area (TPSA) is 59.9 Å². The second-order valence-corrected chi connectivity index (χ2v) is 9.38. The fourth-order valence-corrected chi connectivity index (χ4v) is 3.90. The summed E-state index contributed by atoms with van der Waals surface area (Å²) in [6.07, 6.45) is 18.0. The van der Waals surface area contributed by atoms with E-state index in [-0.39, 0.29) is 5.91 Å². The normalized spacial score (nSPS) is 11.1. The third-order valence-corrected chi connectivity index (χ3v) is 6.16. The van der Waals surface area contributed by atoms with E-state index in [2.05, 4.69) is 24.4 Å². The van der Waals surface area contributed by atoms with Crippen molar-refractivity contribution in [1.82, 2.24) is 5.43 Å². The molecule has 5 nitrogen and oxygen atoms in total. The largest absolute Gasteiger partial charge is 0.494 e. The van der Waals surface area contributed by atoms with Gasteiger partial charge in [-0.05, 0) is 66.9 Å². The fraction of sp³-hybridized carbons (Fsp3) is 0.548. The van der Waals surface area contributed by atoms with Crippen LogP contribution in [0.2, 0.25) is 0 Å². The lowest BCUT2D eigenvalue weighted by Gasteiger charge is -2.07. The number of nitrogens with one attached hydrogen (secondary N) is 1. The number of carbonyl (C=O) groups is 1. The van der Waals surface area contributed by atoms with Crippen LogP contribution in [0.4, 0.5) is 0 Å². The molecule has 0 aliphatic rings. The van der Waals surface area contributed by atoms with Crippen molar-refractivity contribution in [2.75, 3.05) is 13.2 Å². The minimum atomic E-state index is -0.246. The molecule has 2 rings (SSSR count). The Bertz CT molecular complexity index is 847. The molecule has 198 valence electrons. The van der Waals surface area contributed by atoms with Gasteiger partial charge in [0.25, 0.3) is 5.91 Å². The van der Waals surface area contributed by atoms with Gasteiger partial charge in [0.05, 0.1) is 19.4 Å². The molecule has 5 heteroatoms. The summed E-state index contributed by atoms with van der Waals surface area (Å²) in [6.45, 7) is 5.93. The summed E-state index contributed by atoms with van der Waals surface area (Å²) in [6, 6.07) is 14.9. The lowest BCUT2D eigenvalue weighted by atomic mass is 10.1. The number of unbranched alkanes of at least 4 members (excludes halogenated alkanes) is 11. The zero-order chi connectivity index (χ0) is 25.7. The van der Waals surface area contributed by atoms with Crippen LogP contribution in [0.1, 0.15) is 113 Å². The molecule has 0 radical (unpaired) electrons. The molecule has 0 aliphatic carbocycles. The summed E-state index contributed by atoms with van der Waals surface area (Å²) in [5, 5.41) is 4.08. The molecule has 0 aliphatic heterocycles. The Morgan fingerprint density at radius 1 is 0.667 bits per heavy atom. The molecule has 36 heavy (non-hydrogen) atoms. The number of carbonyl (C=O) groups excluding carboxylic acids is 1. The van der Waals surface area contributed by atoms with Gasteiger partial charge in [0.2, 0.25) is 0 Å². The Morgan fingerprint density at radius 3 is 1.61 bits per heavy atom. The van der Waals surface area contributed by atoms with Crippen molar-refractivity contribution >= 4 is 12.1 Å². The van der Waals surface area contributed by atoms with Gasteiger partial charge in [0, 0.05) is 5.56 Å². The first kappa shape index (κ1) is 29.4. The van der Waals surface area contributed by atoms with Crippen LogP contribution in [-0.4, -0.2) is 25.3 Å². The van der Waals surface area contributed by atoms with Crippen LogP contribution in [0.25, 0.3) is 0 Å². The van der Waals surface area contributed by atoms with Crippen molar-refractivity contribution in [1.29, 1.82) is 0 Å². The van der Waals surface area contributed by atoms with Gasteiger partial charge in [-0.25, -0.2) is 5.43 Å². The van der Waals surface area contributed by atoms with Crippen LogP contribution in [0.15, 0.2) is 53.6 Å². The molecular weight excluding hydrogens is 448 g/mol. The number of nitrogens with zero attached hydrogens (tertiary/aromatic N) is 1. The Balaban J connectivity index is 1.61. The average Bonchev–Trinajstić information content (AvgIpc) is 2.91. The van der Waals surface area contributed by atoms with Gasteiger partial charge in [-0.15, -0.1) is 0 Å². The molecule has 2 aromatic carbocycles. The third kappa shape index (κ3) is 13.3. The minimum absolute atomic E-state index is 0.246. The van der Waals surface area contributed by atoms with Crippen molar-refractivity contribution in [2.24, 2.45) is 5.10 Å². The van der Waals surface area contributed by atoms with E-state index < -0.39 is 0 Å². The van der Waals surface area contributed by atoms with E-state index >= 15 is 0 Å². The quantitative estimate of drug-likeness (QED) is 0.114. The van der Waals surface area contributed by atoms with E-state index in [9.17, 15) is 4.79 Å². The average molecular weight is 495 g/mol.